The van der Waals surface area contributed by atoms with E-state index < -0.39 is 0 Å². The summed E-state index contributed by atoms with van der Waals surface area (Å²) in [5.74, 6) is 2.12. The number of benzene rings is 2. The van der Waals surface area contributed by atoms with Crippen molar-refractivity contribution in [3.05, 3.63) is 47.5 Å². The third-order valence-electron chi connectivity index (χ3n) is 6.16. The van der Waals surface area contributed by atoms with Gasteiger partial charge in [0.1, 0.15) is 5.75 Å². The van der Waals surface area contributed by atoms with Gasteiger partial charge >= 0.3 is 0 Å². The normalized spacial score (nSPS) is 17.8. The molecule has 2 heterocycles. The van der Waals surface area contributed by atoms with Crippen LogP contribution < -0.4 is 24.8 Å². The summed E-state index contributed by atoms with van der Waals surface area (Å²) in [5, 5.41) is 6.41. The molecule has 0 spiro atoms. The third-order valence-corrected chi connectivity index (χ3v) is 6.16. The number of aryl methyl sites for hydroxylation is 1. The molecule has 0 radical (unpaired) electrons. The molecule has 0 aliphatic carbocycles. The van der Waals surface area contributed by atoms with Crippen LogP contribution in [0, 0.1) is 6.92 Å². The maximum atomic E-state index is 12.8. The molecule has 1 amide bonds. The van der Waals surface area contributed by atoms with Crippen molar-refractivity contribution >= 4 is 11.6 Å². The Morgan fingerprint density at radius 2 is 1.90 bits per heavy atom. The quantitative estimate of drug-likeness (QED) is 0.707. The van der Waals surface area contributed by atoms with Crippen molar-refractivity contribution in [3.63, 3.8) is 0 Å². The van der Waals surface area contributed by atoms with Crippen LogP contribution in [0.5, 0.6) is 17.2 Å². The zero-order chi connectivity index (χ0) is 21.8. The van der Waals surface area contributed by atoms with Crippen LogP contribution in [0.1, 0.15) is 30.9 Å². The van der Waals surface area contributed by atoms with Gasteiger partial charge < -0.3 is 29.6 Å². The second-order valence-electron chi connectivity index (χ2n) is 8.26. The average molecular weight is 427 g/mol. The van der Waals surface area contributed by atoms with E-state index in [-0.39, 0.29) is 24.2 Å². The summed E-state index contributed by atoms with van der Waals surface area (Å²) in [5.41, 5.74) is 2.90. The Hall–Kier alpha value is -2.77. The largest absolute Gasteiger partial charge is 0.496 e. The number of hydrogen-bond acceptors (Lipinski definition) is 6. The van der Waals surface area contributed by atoms with Gasteiger partial charge in [0.05, 0.1) is 13.2 Å². The van der Waals surface area contributed by atoms with Gasteiger partial charge in [0.15, 0.2) is 11.5 Å². The maximum absolute atomic E-state index is 12.8. The fourth-order valence-corrected chi connectivity index (χ4v) is 4.21. The fourth-order valence-electron chi connectivity index (χ4n) is 4.21. The van der Waals surface area contributed by atoms with Crippen molar-refractivity contribution in [3.8, 4) is 17.2 Å². The number of ether oxygens (including phenoxy) is 4. The first-order valence-electron chi connectivity index (χ1n) is 10.7. The van der Waals surface area contributed by atoms with Crippen molar-refractivity contribution in [2.24, 2.45) is 0 Å². The molecular formula is C24H30N2O5. The van der Waals surface area contributed by atoms with Gasteiger partial charge in [-0.15, -0.1) is 0 Å². The molecular weight excluding hydrogens is 396 g/mol. The molecule has 7 nitrogen and oxygen atoms in total. The smallest absolute Gasteiger partial charge is 0.241 e. The van der Waals surface area contributed by atoms with E-state index in [2.05, 4.69) is 29.7 Å². The molecule has 1 fully saturated rings. The molecule has 2 aromatic carbocycles. The SMILES string of the molecule is COc1ccc(C)cc1C1(CNC(C)C(=O)Nc2ccc3c(c2)OCO3)CCOCC1. The minimum atomic E-state index is -0.374. The van der Waals surface area contributed by atoms with Crippen LogP contribution >= 0.6 is 0 Å². The lowest BCUT2D eigenvalue weighted by atomic mass is 9.73. The Balaban J connectivity index is 1.46. The van der Waals surface area contributed by atoms with Crippen LogP contribution in [0.4, 0.5) is 5.69 Å². The topological polar surface area (TPSA) is 78.1 Å². The summed E-state index contributed by atoms with van der Waals surface area (Å²) in [6.07, 6.45) is 1.74. The molecule has 2 aliphatic rings. The first-order chi connectivity index (χ1) is 15.0. The first kappa shape index (κ1) is 21.5. The minimum Gasteiger partial charge on any atom is -0.496 e. The zero-order valence-electron chi connectivity index (χ0n) is 18.3. The van der Waals surface area contributed by atoms with E-state index in [9.17, 15) is 4.79 Å². The van der Waals surface area contributed by atoms with E-state index in [0.717, 1.165) is 18.6 Å². The van der Waals surface area contributed by atoms with Crippen molar-refractivity contribution in [1.29, 1.82) is 0 Å². The van der Waals surface area contributed by atoms with Crippen LogP contribution in [0.25, 0.3) is 0 Å². The molecule has 2 N–H and O–H groups in total. The summed E-state index contributed by atoms with van der Waals surface area (Å²) < 4.78 is 22.0. The maximum Gasteiger partial charge on any atom is 0.241 e. The van der Waals surface area contributed by atoms with E-state index in [0.29, 0.717) is 36.9 Å². The number of fused-ring (bicyclic) bond motifs is 1. The number of rotatable bonds is 7. The van der Waals surface area contributed by atoms with Crippen LogP contribution in [-0.4, -0.2) is 45.6 Å². The first-order valence-corrected chi connectivity index (χ1v) is 10.7. The zero-order valence-corrected chi connectivity index (χ0v) is 18.3. The highest BCUT2D eigenvalue weighted by atomic mass is 16.7. The molecule has 2 aliphatic heterocycles. The Morgan fingerprint density at radius 1 is 1.13 bits per heavy atom. The number of amides is 1. The number of nitrogens with one attached hydrogen (secondary N) is 2. The van der Waals surface area contributed by atoms with Crippen molar-refractivity contribution in [1.82, 2.24) is 5.32 Å². The van der Waals surface area contributed by atoms with Crippen LogP contribution in [0.3, 0.4) is 0 Å². The molecule has 4 rings (SSSR count). The molecule has 2 aromatic rings. The van der Waals surface area contributed by atoms with Gasteiger partial charge in [-0.2, -0.15) is 0 Å². The van der Waals surface area contributed by atoms with E-state index >= 15 is 0 Å². The van der Waals surface area contributed by atoms with Crippen molar-refractivity contribution in [2.75, 3.05) is 39.0 Å². The second kappa shape index (κ2) is 9.16. The molecule has 166 valence electrons. The van der Waals surface area contributed by atoms with Gasteiger partial charge in [-0.05, 0) is 44.9 Å². The lowest BCUT2D eigenvalue weighted by Gasteiger charge is -2.39. The molecule has 1 atom stereocenters. The third kappa shape index (κ3) is 4.62. The predicted molar refractivity (Wildman–Crippen MR) is 118 cm³/mol. The lowest BCUT2D eigenvalue weighted by molar-refractivity contribution is -0.117. The molecule has 31 heavy (non-hydrogen) atoms. The Bertz CT molecular complexity index is 940. The molecule has 0 aromatic heterocycles. The number of methoxy groups -OCH3 is 1. The van der Waals surface area contributed by atoms with Crippen LogP contribution in [0.2, 0.25) is 0 Å². The second-order valence-corrected chi connectivity index (χ2v) is 8.26. The van der Waals surface area contributed by atoms with Crippen molar-refractivity contribution in [2.45, 2.75) is 38.1 Å². The van der Waals surface area contributed by atoms with Gasteiger partial charge in [0.25, 0.3) is 0 Å². The standard InChI is InChI=1S/C24H30N2O5/c1-16-4-6-20(28-3)19(12-16)24(8-10-29-11-9-24)14-25-17(2)23(27)26-18-5-7-21-22(13-18)31-15-30-21/h4-7,12-13,17,25H,8-11,14-15H2,1-3H3,(H,26,27). The minimum absolute atomic E-state index is 0.0997. The molecule has 1 unspecified atom stereocenters. The Labute approximate surface area is 183 Å². The molecule has 1 saturated heterocycles. The highest BCUT2D eigenvalue weighted by Gasteiger charge is 2.37. The van der Waals surface area contributed by atoms with Gasteiger partial charge in [-0.1, -0.05) is 17.7 Å². The fraction of sp³-hybridized carbons (Fsp3) is 0.458. The lowest BCUT2D eigenvalue weighted by Crippen LogP contribution is -2.48. The van der Waals surface area contributed by atoms with Gasteiger partial charge in [-0.25, -0.2) is 0 Å². The van der Waals surface area contributed by atoms with Gasteiger partial charge in [0, 0.05) is 42.5 Å². The molecule has 0 bridgehead atoms. The van der Waals surface area contributed by atoms with Gasteiger partial charge in [-0.3, -0.25) is 4.79 Å². The highest BCUT2D eigenvalue weighted by Crippen LogP contribution is 2.40. The summed E-state index contributed by atoms with van der Waals surface area (Å²) >= 11 is 0. The summed E-state index contributed by atoms with van der Waals surface area (Å²) in [6, 6.07) is 11.3. The monoisotopic (exact) mass is 426 g/mol. The van der Waals surface area contributed by atoms with Crippen molar-refractivity contribution < 1.29 is 23.7 Å². The molecule has 0 saturated carbocycles. The Morgan fingerprint density at radius 3 is 2.68 bits per heavy atom. The van der Waals surface area contributed by atoms with Crippen LogP contribution in [-0.2, 0) is 14.9 Å². The number of carbonyl (C=O) groups is 1. The average Bonchev–Trinajstić information content (AvgIpc) is 3.26. The number of anilines is 1. The molecule has 7 heteroatoms. The number of carbonyl (C=O) groups excluding carboxylic acids is 1. The Kier molecular flexibility index (Phi) is 6.34. The number of hydrogen-bond donors (Lipinski definition) is 2. The van der Waals surface area contributed by atoms with Crippen LogP contribution in [0.15, 0.2) is 36.4 Å². The van der Waals surface area contributed by atoms with E-state index in [4.69, 9.17) is 18.9 Å². The predicted octanol–water partition coefficient (Wildman–Crippen LogP) is 3.40. The summed E-state index contributed by atoms with van der Waals surface area (Å²) in [7, 11) is 1.70. The van der Waals surface area contributed by atoms with E-state index in [1.54, 1.807) is 19.2 Å². The van der Waals surface area contributed by atoms with E-state index in [1.807, 2.05) is 19.1 Å². The summed E-state index contributed by atoms with van der Waals surface area (Å²) in [4.78, 5) is 12.8. The summed E-state index contributed by atoms with van der Waals surface area (Å²) in [6.45, 7) is 6.21. The highest BCUT2D eigenvalue weighted by molar-refractivity contribution is 5.94. The van der Waals surface area contributed by atoms with E-state index in [1.165, 1.54) is 11.1 Å². The van der Waals surface area contributed by atoms with Gasteiger partial charge in [0.2, 0.25) is 12.7 Å².